The number of benzene rings is 2. The van der Waals surface area contributed by atoms with Crippen molar-refractivity contribution in [3.63, 3.8) is 0 Å². The summed E-state index contributed by atoms with van der Waals surface area (Å²) in [6.45, 7) is 15.1. The van der Waals surface area contributed by atoms with Gasteiger partial charge in [-0.25, -0.2) is 19.6 Å². The van der Waals surface area contributed by atoms with Crippen LogP contribution in [0.4, 0.5) is 9.59 Å². The van der Waals surface area contributed by atoms with Crippen LogP contribution in [0, 0.1) is 5.92 Å². The van der Waals surface area contributed by atoms with Crippen LogP contribution in [0.3, 0.4) is 0 Å². The molecule has 4 rings (SSSR count). The Hall–Kier alpha value is -4.12. The molecule has 2 N–H and O–H groups in total. The van der Waals surface area contributed by atoms with Gasteiger partial charge in [-0.2, -0.15) is 0 Å². The number of hydrogen-bond donors (Lipinski definition) is 2. The molecule has 11 nitrogen and oxygen atoms in total. The first-order valence-corrected chi connectivity index (χ1v) is 15.9. The molecule has 250 valence electrons. The molecule has 4 atom stereocenters. The summed E-state index contributed by atoms with van der Waals surface area (Å²) in [6, 6.07) is 13.7. The van der Waals surface area contributed by atoms with Gasteiger partial charge in [0.15, 0.2) is 0 Å². The maximum Gasteiger partial charge on any atom is 0.429 e. The Kier molecular flexibility index (Phi) is 10.4. The van der Waals surface area contributed by atoms with Crippen molar-refractivity contribution < 1.29 is 33.8 Å². The second-order valence-corrected chi connectivity index (χ2v) is 14.5. The first kappa shape index (κ1) is 34.7. The Morgan fingerprint density at radius 3 is 2.11 bits per heavy atom. The second kappa shape index (κ2) is 13.7. The van der Waals surface area contributed by atoms with E-state index in [1.54, 1.807) is 32.9 Å². The molecule has 3 unspecified atom stereocenters. The first-order valence-electron chi connectivity index (χ1n) is 15.9. The van der Waals surface area contributed by atoms with E-state index in [1.165, 1.54) is 9.91 Å². The average molecular weight is 637 g/mol. The fourth-order valence-corrected chi connectivity index (χ4v) is 5.82. The van der Waals surface area contributed by atoms with Gasteiger partial charge in [0.05, 0.1) is 25.2 Å². The van der Waals surface area contributed by atoms with Crippen molar-refractivity contribution in [1.82, 2.24) is 20.2 Å². The molecule has 2 aliphatic heterocycles. The van der Waals surface area contributed by atoms with Gasteiger partial charge in [-0.3, -0.25) is 14.5 Å². The minimum absolute atomic E-state index is 0.00357. The van der Waals surface area contributed by atoms with Gasteiger partial charge >= 0.3 is 12.2 Å². The summed E-state index contributed by atoms with van der Waals surface area (Å²) in [7, 11) is 0. The van der Waals surface area contributed by atoms with Gasteiger partial charge in [-0.1, -0.05) is 77.1 Å². The van der Waals surface area contributed by atoms with E-state index in [4.69, 9.17) is 9.47 Å². The highest BCUT2D eigenvalue weighted by molar-refractivity contribution is 5.98. The van der Waals surface area contributed by atoms with Gasteiger partial charge in [-0.15, -0.1) is 0 Å². The van der Waals surface area contributed by atoms with Crippen molar-refractivity contribution in [3.8, 4) is 0 Å². The highest BCUT2D eigenvalue weighted by atomic mass is 16.6. The summed E-state index contributed by atoms with van der Waals surface area (Å²) < 4.78 is 11.2. The van der Waals surface area contributed by atoms with Crippen molar-refractivity contribution >= 4 is 24.0 Å². The number of nitrogens with zero attached hydrogens (tertiary/aromatic N) is 3. The quantitative estimate of drug-likeness (QED) is 0.444. The molecule has 0 saturated carbocycles. The number of aliphatic hydroxyl groups is 1. The SMILES string of the molecule is CC(C)C[C@H](NC(=O)c1ccc(C(C)(C)C)cc1)C(=O)N1C2C(O)CN(C(=O)OCc3ccccc3)C2CN1C(=O)OC(C)(C)C. The van der Waals surface area contributed by atoms with Gasteiger partial charge < -0.3 is 19.9 Å². The van der Waals surface area contributed by atoms with Gasteiger partial charge in [0.2, 0.25) is 0 Å². The number of carbonyl (C=O) groups excluding carboxylic acids is 4. The highest BCUT2D eigenvalue weighted by Crippen LogP contribution is 2.34. The first-order chi connectivity index (χ1) is 21.5. The highest BCUT2D eigenvalue weighted by Gasteiger charge is 2.58. The lowest BCUT2D eigenvalue weighted by Gasteiger charge is -2.36. The number of likely N-dealkylation sites (tertiary alicyclic amines) is 1. The van der Waals surface area contributed by atoms with E-state index >= 15 is 0 Å². The molecule has 0 aromatic heterocycles. The Balaban J connectivity index is 1.61. The maximum atomic E-state index is 14.4. The van der Waals surface area contributed by atoms with Crippen molar-refractivity contribution in [2.75, 3.05) is 13.1 Å². The lowest BCUT2D eigenvalue weighted by Crippen LogP contribution is -2.58. The van der Waals surface area contributed by atoms with Crippen LogP contribution in [0.5, 0.6) is 0 Å². The molecule has 2 fully saturated rings. The number of carbonyl (C=O) groups is 4. The van der Waals surface area contributed by atoms with Crippen LogP contribution in [0.15, 0.2) is 54.6 Å². The largest absolute Gasteiger partial charge is 0.445 e. The third kappa shape index (κ3) is 8.17. The Morgan fingerprint density at radius 2 is 1.54 bits per heavy atom. The number of nitrogens with one attached hydrogen (secondary N) is 1. The van der Waals surface area contributed by atoms with E-state index in [1.807, 2.05) is 56.3 Å². The fourth-order valence-electron chi connectivity index (χ4n) is 5.82. The van der Waals surface area contributed by atoms with Crippen LogP contribution in [0.1, 0.15) is 83.3 Å². The zero-order valence-electron chi connectivity index (χ0n) is 28.1. The van der Waals surface area contributed by atoms with Crippen LogP contribution in [-0.2, 0) is 26.3 Å². The molecule has 2 aromatic rings. The van der Waals surface area contributed by atoms with Crippen LogP contribution in [-0.4, -0.2) is 86.9 Å². The zero-order valence-corrected chi connectivity index (χ0v) is 28.1. The van der Waals surface area contributed by atoms with Crippen molar-refractivity contribution in [2.24, 2.45) is 5.92 Å². The molecule has 2 heterocycles. The zero-order chi connectivity index (χ0) is 34.0. The summed E-state index contributed by atoms with van der Waals surface area (Å²) in [6.07, 6.45) is -2.36. The fraction of sp³-hybridized carbons (Fsp3) is 0.543. The van der Waals surface area contributed by atoms with E-state index in [2.05, 4.69) is 26.1 Å². The summed E-state index contributed by atoms with van der Waals surface area (Å²) in [4.78, 5) is 56.0. The molecule has 2 saturated heterocycles. The Labute approximate surface area is 271 Å². The van der Waals surface area contributed by atoms with Gasteiger partial charge in [-0.05, 0) is 61.8 Å². The number of β-amino-alcohol motifs (C(OH)–C–C–N with tert-alkyl or cyclic N) is 1. The van der Waals surface area contributed by atoms with Gasteiger partial charge in [0.25, 0.3) is 11.8 Å². The molecule has 4 amide bonds. The number of amides is 4. The lowest BCUT2D eigenvalue weighted by atomic mass is 9.86. The molecule has 0 bridgehead atoms. The lowest BCUT2D eigenvalue weighted by molar-refractivity contribution is -0.152. The van der Waals surface area contributed by atoms with Crippen LogP contribution in [0.25, 0.3) is 0 Å². The van der Waals surface area contributed by atoms with Crippen LogP contribution < -0.4 is 5.32 Å². The number of aliphatic hydroxyl groups excluding tert-OH is 1. The topological polar surface area (TPSA) is 129 Å². The maximum absolute atomic E-state index is 14.4. The molecule has 0 spiro atoms. The Morgan fingerprint density at radius 1 is 0.913 bits per heavy atom. The summed E-state index contributed by atoms with van der Waals surface area (Å²) in [5, 5.41) is 16.5. The predicted octanol–water partition coefficient (Wildman–Crippen LogP) is 4.87. The van der Waals surface area contributed by atoms with E-state index in [9.17, 15) is 24.3 Å². The van der Waals surface area contributed by atoms with E-state index < -0.39 is 53.8 Å². The minimum Gasteiger partial charge on any atom is -0.445 e. The molecular weight excluding hydrogens is 588 g/mol. The van der Waals surface area contributed by atoms with Crippen molar-refractivity contribution in [1.29, 1.82) is 0 Å². The van der Waals surface area contributed by atoms with Crippen molar-refractivity contribution in [3.05, 3.63) is 71.3 Å². The minimum atomic E-state index is -1.17. The molecule has 46 heavy (non-hydrogen) atoms. The molecular formula is C35H48N4O7. The molecule has 2 aliphatic rings. The summed E-state index contributed by atoms with van der Waals surface area (Å²) >= 11 is 0. The average Bonchev–Trinajstić information content (AvgIpc) is 3.52. The van der Waals surface area contributed by atoms with E-state index in [0.717, 1.165) is 16.1 Å². The number of rotatable bonds is 7. The van der Waals surface area contributed by atoms with Crippen LogP contribution in [0.2, 0.25) is 0 Å². The number of ether oxygens (including phenoxy) is 2. The van der Waals surface area contributed by atoms with Crippen LogP contribution >= 0.6 is 0 Å². The third-order valence-corrected chi connectivity index (χ3v) is 8.07. The summed E-state index contributed by atoms with van der Waals surface area (Å²) in [5.41, 5.74) is 1.29. The second-order valence-electron chi connectivity index (χ2n) is 14.5. The smallest absolute Gasteiger partial charge is 0.429 e. The molecule has 0 aliphatic carbocycles. The Bertz CT molecular complexity index is 1400. The number of hydrogen-bond acceptors (Lipinski definition) is 7. The molecule has 11 heteroatoms. The van der Waals surface area contributed by atoms with E-state index in [0.29, 0.717) is 5.56 Å². The number of fused-ring (bicyclic) bond motifs is 1. The molecule has 0 radical (unpaired) electrons. The number of hydrazine groups is 1. The van der Waals surface area contributed by atoms with Crippen molar-refractivity contribution in [2.45, 2.75) is 104 Å². The monoisotopic (exact) mass is 636 g/mol. The molecule has 2 aromatic carbocycles. The van der Waals surface area contributed by atoms with Gasteiger partial charge in [0, 0.05) is 5.56 Å². The third-order valence-electron chi connectivity index (χ3n) is 8.07. The normalized spacial score (nSPS) is 20.4. The van der Waals surface area contributed by atoms with E-state index in [-0.39, 0.29) is 37.5 Å². The van der Waals surface area contributed by atoms with Gasteiger partial charge in [0.1, 0.15) is 24.3 Å². The standard InChI is InChI=1S/C35H48N4O7/c1-22(2)18-26(36-30(41)24-14-16-25(17-15-24)34(3,4)5)31(42)39-29-27(19-38(39)33(44)46-35(6,7)8)37(20-28(29)40)32(43)45-21-23-12-10-9-11-13-23/h9-17,22,26-29,40H,18-21H2,1-8H3,(H,36,41)/t26-,27?,28?,29?/m0/s1. The predicted molar refractivity (Wildman–Crippen MR) is 173 cm³/mol. The summed E-state index contributed by atoms with van der Waals surface area (Å²) in [5.74, 6) is -1.01.